The minimum Gasteiger partial charge on any atom is -0.480 e. The first kappa shape index (κ1) is 14.7. The number of aliphatic carboxylic acids is 1. The van der Waals surface area contributed by atoms with Crippen LogP contribution in [0.2, 0.25) is 0 Å². The fourth-order valence-corrected chi connectivity index (χ4v) is 3.02. The minimum absolute atomic E-state index is 0.107. The number of likely N-dealkylation sites (N-methyl/N-ethyl adjacent to an activating group) is 1. The van der Waals surface area contributed by atoms with Crippen molar-refractivity contribution in [3.63, 3.8) is 0 Å². The Bertz CT molecular complexity index is 522. The molecule has 1 rings (SSSR count). The van der Waals surface area contributed by atoms with Crippen LogP contribution in [0, 0.1) is 6.92 Å². The summed E-state index contributed by atoms with van der Waals surface area (Å²) in [7, 11) is -2.47. The average Bonchev–Trinajstić information content (AvgIpc) is 2.29. The fraction of sp³-hybridized carbons (Fsp3) is 0.417. The van der Waals surface area contributed by atoms with Crippen LogP contribution < -0.4 is 0 Å². The van der Waals surface area contributed by atoms with Gasteiger partial charge in [0.2, 0.25) is 10.0 Å². The van der Waals surface area contributed by atoms with Gasteiger partial charge in [0.25, 0.3) is 0 Å². The molecule has 0 heterocycles. The lowest BCUT2D eigenvalue weighted by Gasteiger charge is -2.23. The van der Waals surface area contributed by atoms with E-state index in [4.69, 9.17) is 5.11 Å². The molecule has 1 unspecified atom stereocenters. The summed E-state index contributed by atoms with van der Waals surface area (Å²) in [5, 5.41) is 8.99. The molecule has 0 aromatic heterocycles. The number of carboxylic acids is 1. The van der Waals surface area contributed by atoms with E-state index in [1.165, 1.54) is 19.2 Å². The maximum Gasteiger partial charge on any atom is 0.321 e. The van der Waals surface area contributed by atoms with Crippen LogP contribution in [0.3, 0.4) is 0 Å². The summed E-state index contributed by atoms with van der Waals surface area (Å²) in [6, 6.07) is 5.28. The van der Waals surface area contributed by atoms with Crippen LogP contribution in [0.1, 0.15) is 18.9 Å². The van der Waals surface area contributed by atoms with Crippen molar-refractivity contribution in [1.82, 2.24) is 4.31 Å². The molecule has 1 aromatic carbocycles. The number of rotatable bonds is 5. The summed E-state index contributed by atoms with van der Waals surface area (Å²) < 4.78 is 25.3. The molecule has 0 saturated heterocycles. The molecular weight excluding hydrogens is 254 g/mol. The van der Waals surface area contributed by atoms with E-state index in [0.717, 1.165) is 9.87 Å². The topological polar surface area (TPSA) is 74.7 Å². The van der Waals surface area contributed by atoms with Crippen LogP contribution in [-0.4, -0.2) is 36.9 Å². The largest absolute Gasteiger partial charge is 0.480 e. The number of sulfonamides is 1. The van der Waals surface area contributed by atoms with Crippen LogP contribution in [0.25, 0.3) is 0 Å². The number of nitrogens with zero attached hydrogens (tertiary/aromatic N) is 1. The molecule has 100 valence electrons. The highest BCUT2D eigenvalue weighted by Gasteiger charge is 2.31. The normalized spacial score (nSPS) is 13.6. The van der Waals surface area contributed by atoms with Gasteiger partial charge in [-0.25, -0.2) is 8.42 Å². The molecule has 1 N–H and O–H groups in total. The van der Waals surface area contributed by atoms with Crippen molar-refractivity contribution in [1.29, 1.82) is 0 Å². The Morgan fingerprint density at radius 1 is 1.33 bits per heavy atom. The van der Waals surface area contributed by atoms with E-state index in [-0.39, 0.29) is 11.3 Å². The van der Waals surface area contributed by atoms with Gasteiger partial charge in [-0.05, 0) is 25.5 Å². The molecule has 1 atom stereocenters. The molecule has 0 radical (unpaired) electrons. The summed E-state index contributed by atoms with van der Waals surface area (Å²) in [5.41, 5.74) is 0.946. The number of carbonyl (C=O) groups is 1. The highest BCUT2D eigenvalue weighted by atomic mass is 32.2. The van der Waals surface area contributed by atoms with E-state index >= 15 is 0 Å². The molecule has 0 fully saturated rings. The van der Waals surface area contributed by atoms with Crippen molar-refractivity contribution >= 4 is 16.0 Å². The Kier molecular flexibility index (Phi) is 4.48. The third-order valence-electron chi connectivity index (χ3n) is 2.81. The van der Waals surface area contributed by atoms with Gasteiger partial charge in [-0.1, -0.05) is 24.6 Å². The summed E-state index contributed by atoms with van der Waals surface area (Å²) in [5.74, 6) is -1.14. The molecule has 5 nitrogen and oxygen atoms in total. The van der Waals surface area contributed by atoms with E-state index in [1.54, 1.807) is 19.1 Å². The number of hydrogen-bond donors (Lipinski definition) is 1. The van der Waals surface area contributed by atoms with Crippen molar-refractivity contribution in [2.24, 2.45) is 0 Å². The molecular formula is C12H17NO4S. The number of hydrogen-bond acceptors (Lipinski definition) is 3. The molecule has 6 heteroatoms. The predicted octanol–water partition coefficient (Wildman–Crippen LogP) is 1.48. The molecule has 0 bridgehead atoms. The Labute approximate surface area is 107 Å². The highest BCUT2D eigenvalue weighted by molar-refractivity contribution is 7.89. The van der Waals surface area contributed by atoms with Crippen molar-refractivity contribution in [2.75, 3.05) is 7.05 Å². The first-order valence-corrected chi connectivity index (χ1v) is 7.02. The van der Waals surface area contributed by atoms with Crippen molar-refractivity contribution in [2.45, 2.75) is 31.2 Å². The molecule has 0 aliphatic carbocycles. The van der Waals surface area contributed by atoms with Gasteiger partial charge in [-0.3, -0.25) is 4.79 Å². The van der Waals surface area contributed by atoms with Gasteiger partial charge in [0.15, 0.2) is 0 Å². The van der Waals surface area contributed by atoms with Crippen molar-refractivity contribution in [3.05, 3.63) is 29.8 Å². The quantitative estimate of drug-likeness (QED) is 0.880. The Morgan fingerprint density at radius 2 is 1.83 bits per heavy atom. The molecule has 1 aromatic rings. The lowest BCUT2D eigenvalue weighted by atomic mass is 10.2. The predicted molar refractivity (Wildman–Crippen MR) is 67.8 cm³/mol. The summed E-state index contributed by atoms with van der Waals surface area (Å²) in [6.07, 6.45) is 0.219. The maximum absolute atomic E-state index is 12.2. The van der Waals surface area contributed by atoms with E-state index in [0.29, 0.717) is 0 Å². The first-order valence-electron chi connectivity index (χ1n) is 5.58. The monoisotopic (exact) mass is 271 g/mol. The molecule has 18 heavy (non-hydrogen) atoms. The highest BCUT2D eigenvalue weighted by Crippen LogP contribution is 2.18. The minimum atomic E-state index is -3.76. The molecule has 0 aliphatic rings. The van der Waals surface area contributed by atoms with Crippen LogP contribution in [0.15, 0.2) is 29.2 Å². The molecule has 0 spiro atoms. The van der Waals surface area contributed by atoms with Crippen molar-refractivity contribution in [3.8, 4) is 0 Å². The average molecular weight is 271 g/mol. The Morgan fingerprint density at radius 3 is 2.22 bits per heavy atom. The summed E-state index contributed by atoms with van der Waals surface area (Å²) in [4.78, 5) is 11.1. The standard InChI is InChI=1S/C12H17NO4S/c1-4-11(12(14)15)13(3)18(16,17)10-7-5-9(2)6-8-10/h5-8,11H,4H2,1-3H3,(H,14,15). The Hall–Kier alpha value is -1.40. The molecule has 0 saturated carbocycles. The van der Waals surface area contributed by atoms with Gasteiger partial charge < -0.3 is 5.11 Å². The van der Waals surface area contributed by atoms with E-state index in [2.05, 4.69) is 0 Å². The second-order valence-corrected chi connectivity index (χ2v) is 6.09. The lowest BCUT2D eigenvalue weighted by Crippen LogP contribution is -2.41. The molecule has 0 amide bonds. The maximum atomic E-state index is 12.2. The van der Waals surface area contributed by atoms with Crippen LogP contribution >= 0.6 is 0 Å². The van der Waals surface area contributed by atoms with E-state index in [1.807, 2.05) is 6.92 Å². The van der Waals surface area contributed by atoms with Gasteiger partial charge in [0.1, 0.15) is 6.04 Å². The fourth-order valence-electron chi connectivity index (χ4n) is 1.63. The van der Waals surface area contributed by atoms with Gasteiger partial charge >= 0.3 is 5.97 Å². The summed E-state index contributed by atoms with van der Waals surface area (Å²) >= 11 is 0. The van der Waals surface area contributed by atoms with Gasteiger partial charge in [-0.15, -0.1) is 0 Å². The van der Waals surface area contributed by atoms with E-state index in [9.17, 15) is 13.2 Å². The van der Waals surface area contributed by atoms with Crippen LogP contribution in [0.5, 0.6) is 0 Å². The zero-order valence-corrected chi connectivity index (χ0v) is 11.4. The number of carboxylic acid groups (broad SMARTS) is 1. The zero-order chi connectivity index (χ0) is 13.9. The van der Waals surface area contributed by atoms with Crippen LogP contribution in [0.4, 0.5) is 0 Å². The lowest BCUT2D eigenvalue weighted by molar-refractivity contribution is -0.141. The van der Waals surface area contributed by atoms with E-state index < -0.39 is 22.0 Å². The van der Waals surface area contributed by atoms with Crippen LogP contribution in [-0.2, 0) is 14.8 Å². The second-order valence-electron chi connectivity index (χ2n) is 4.10. The van der Waals surface area contributed by atoms with Gasteiger partial charge in [0.05, 0.1) is 4.90 Å². The summed E-state index contributed by atoms with van der Waals surface area (Å²) in [6.45, 7) is 3.49. The zero-order valence-electron chi connectivity index (χ0n) is 10.6. The smallest absolute Gasteiger partial charge is 0.321 e. The van der Waals surface area contributed by atoms with Gasteiger partial charge in [-0.2, -0.15) is 4.31 Å². The Balaban J connectivity index is 3.13. The third-order valence-corrected chi connectivity index (χ3v) is 4.69. The second kappa shape index (κ2) is 5.49. The third kappa shape index (κ3) is 2.88. The SMILES string of the molecule is CCC(C(=O)O)N(C)S(=O)(=O)c1ccc(C)cc1. The van der Waals surface area contributed by atoms with Crippen molar-refractivity contribution < 1.29 is 18.3 Å². The number of benzene rings is 1. The number of aryl methyl sites for hydroxylation is 1. The first-order chi connectivity index (χ1) is 8.30. The van der Waals surface area contributed by atoms with Gasteiger partial charge in [0, 0.05) is 7.05 Å². The molecule has 0 aliphatic heterocycles.